The van der Waals surface area contributed by atoms with Gasteiger partial charge in [0.05, 0.1) is 11.7 Å². The number of rotatable bonds is 3. The molecule has 3 rings (SSSR count). The minimum atomic E-state index is -0.383. The highest BCUT2D eigenvalue weighted by Gasteiger charge is 2.05. The van der Waals surface area contributed by atoms with Crippen molar-refractivity contribution in [2.24, 2.45) is 5.10 Å². The Kier molecular flexibility index (Phi) is 4.21. The third-order valence-corrected chi connectivity index (χ3v) is 3.51. The van der Waals surface area contributed by atoms with Crippen LogP contribution in [0.2, 0.25) is 5.15 Å². The quantitative estimate of drug-likeness (QED) is 0.440. The topological polar surface area (TPSA) is 74.6 Å². The molecule has 0 atom stereocenters. The standard InChI is InChI=1S/C17H12ClN3O2/c18-16-13(9-12-3-1-2-4-15(12)20-16)10-19-21-17(23)11-5-7-14(22)8-6-11/h1-10,22H,(H,21,23). The van der Waals surface area contributed by atoms with Gasteiger partial charge in [0.15, 0.2) is 0 Å². The van der Waals surface area contributed by atoms with Gasteiger partial charge in [-0.25, -0.2) is 10.4 Å². The SMILES string of the molecule is O=C(NN=Cc1cc2ccccc2nc1Cl)c1ccc(O)cc1. The van der Waals surface area contributed by atoms with Crippen LogP contribution >= 0.6 is 11.6 Å². The van der Waals surface area contributed by atoms with Gasteiger partial charge in [-0.2, -0.15) is 5.10 Å². The zero-order valence-electron chi connectivity index (χ0n) is 11.9. The number of halogens is 1. The van der Waals surface area contributed by atoms with Gasteiger partial charge >= 0.3 is 0 Å². The number of amides is 1. The molecular weight excluding hydrogens is 314 g/mol. The Balaban J connectivity index is 1.76. The van der Waals surface area contributed by atoms with Crippen LogP contribution < -0.4 is 5.43 Å². The first-order valence-electron chi connectivity index (χ1n) is 6.81. The summed E-state index contributed by atoms with van der Waals surface area (Å²) in [5.74, 6) is -0.287. The lowest BCUT2D eigenvalue weighted by molar-refractivity contribution is 0.0955. The van der Waals surface area contributed by atoms with Crippen molar-refractivity contribution in [2.45, 2.75) is 0 Å². The van der Waals surface area contributed by atoms with Crippen LogP contribution in [0.3, 0.4) is 0 Å². The Morgan fingerprint density at radius 3 is 2.70 bits per heavy atom. The van der Waals surface area contributed by atoms with Gasteiger partial charge in [0, 0.05) is 16.5 Å². The van der Waals surface area contributed by atoms with Gasteiger partial charge in [0.1, 0.15) is 10.9 Å². The molecule has 5 nitrogen and oxygen atoms in total. The second-order valence-electron chi connectivity index (χ2n) is 4.81. The lowest BCUT2D eigenvalue weighted by atomic mass is 10.2. The average molecular weight is 326 g/mol. The van der Waals surface area contributed by atoms with Gasteiger partial charge in [-0.15, -0.1) is 0 Å². The number of pyridine rings is 1. The van der Waals surface area contributed by atoms with Crippen LogP contribution in [0.25, 0.3) is 10.9 Å². The smallest absolute Gasteiger partial charge is 0.271 e. The van der Waals surface area contributed by atoms with E-state index in [0.29, 0.717) is 16.3 Å². The van der Waals surface area contributed by atoms with Gasteiger partial charge < -0.3 is 5.11 Å². The van der Waals surface area contributed by atoms with Crippen molar-refractivity contribution >= 4 is 34.6 Å². The number of nitrogens with zero attached hydrogens (tertiary/aromatic N) is 2. The van der Waals surface area contributed by atoms with Crippen LogP contribution in [0.1, 0.15) is 15.9 Å². The molecule has 0 saturated heterocycles. The Labute approximate surface area is 137 Å². The van der Waals surface area contributed by atoms with E-state index in [9.17, 15) is 9.90 Å². The molecule has 1 aromatic heterocycles. The minimum absolute atomic E-state index is 0.0964. The van der Waals surface area contributed by atoms with Crippen molar-refractivity contribution < 1.29 is 9.90 Å². The first kappa shape index (κ1) is 15.0. The fourth-order valence-corrected chi connectivity index (χ4v) is 2.23. The summed E-state index contributed by atoms with van der Waals surface area (Å²) in [6, 6.07) is 15.3. The molecule has 0 aliphatic rings. The molecule has 0 spiro atoms. The molecule has 0 unspecified atom stereocenters. The average Bonchev–Trinajstić information content (AvgIpc) is 2.56. The van der Waals surface area contributed by atoms with Crippen LogP contribution in [0.5, 0.6) is 5.75 Å². The summed E-state index contributed by atoms with van der Waals surface area (Å²) in [5, 5.41) is 14.3. The number of phenols is 1. The number of para-hydroxylation sites is 1. The van der Waals surface area contributed by atoms with E-state index in [4.69, 9.17) is 11.6 Å². The Morgan fingerprint density at radius 1 is 1.17 bits per heavy atom. The molecule has 0 saturated carbocycles. The number of hydrogen-bond donors (Lipinski definition) is 2. The van der Waals surface area contributed by atoms with Gasteiger partial charge in [-0.1, -0.05) is 29.8 Å². The van der Waals surface area contributed by atoms with Crippen LogP contribution in [-0.4, -0.2) is 22.2 Å². The monoisotopic (exact) mass is 325 g/mol. The summed E-state index contributed by atoms with van der Waals surface area (Å²) in [4.78, 5) is 16.2. The zero-order chi connectivity index (χ0) is 16.2. The van der Waals surface area contributed by atoms with E-state index < -0.39 is 0 Å². The highest BCUT2D eigenvalue weighted by atomic mass is 35.5. The summed E-state index contributed by atoms with van der Waals surface area (Å²) in [5.41, 5.74) is 4.20. The molecule has 2 N–H and O–H groups in total. The molecule has 2 aromatic carbocycles. The Morgan fingerprint density at radius 2 is 1.91 bits per heavy atom. The van der Waals surface area contributed by atoms with Crippen LogP contribution in [-0.2, 0) is 0 Å². The maximum atomic E-state index is 11.9. The van der Waals surface area contributed by atoms with E-state index in [2.05, 4.69) is 15.5 Å². The van der Waals surface area contributed by atoms with Gasteiger partial charge in [-0.05, 0) is 36.4 Å². The number of aromatic nitrogens is 1. The number of carbonyl (C=O) groups excluding carboxylic acids is 1. The van der Waals surface area contributed by atoms with Crippen molar-refractivity contribution in [2.75, 3.05) is 0 Å². The van der Waals surface area contributed by atoms with Crippen LogP contribution in [0.15, 0.2) is 59.7 Å². The van der Waals surface area contributed by atoms with Crippen LogP contribution in [0, 0.1) is 0 Å². The number of hydrazone groups is 1. The van der Waals surface area contributed by atoms with E-state index >= 15 is 0 Å². The third-order valence-electron chi connectivity index (χ3n) is 3.20. The summed E-state index contributed by atoms with van der Waals surface area (Å²) >= 11 is 6.11. The number of phenolic OH excluding ortho intramolecular Hbond substituents is 1. The molecule has 0 aliphatic carbocycles. The van der Waals surface area contributed by atoms with E-state index in [1.165, 1.54) is 30.5 Å². The van der Waals surface area contributed by atoms with Crippen LogP contribution in [0.4, 0.5) is 0 Å². The number of aromatic hydroxyl groups is 1. The first-order valence-corrected chi connectivity index (χ1v) is 7.19. The number of nitrogens with one attached hydrogen (secondary N) is 1. The molecular formula is C17H12ClN3O2. The summed E-state index contributed by atoms with van der Waals surface area (Å²) < 4.78 is 0. The summed E-state index contributed by atoms with van der Waals surface area (Å²) in [6.45, 7) is 0. The maximum Gasteiger partial charge on any atom is 0.271 e. The molecule has 0 aliphatic heterocycles. The molecule has 6 heteroatoms. The number of carbonyl (C=O) groups is 1. The van der Waals surface area contributed by atoms with E-state index in [-0.39, 0.29) is 11.7 Å². The lowest BCUT2D eigenvalue weighted by Crippen LogP contribution is -2.17. The number of hydrogen-bond acceptors (Lipinski definition) is 4. The minimum Gasteiger partial charge on any atom is -0.508 e. The van der Waals surface area contributed by atoms with Gasteiger partial charge in [0.2, 0.25) is 0 Å². The predicted octanol–water partition coefficient (Wildman–Crippen LogP) is 3.36. The summed E-state index contributed by atoms with van der Waals surface area (Å²) in [7, 11) is 0. The van der Waals surface area contributed by atoms with E-state index in [0.717, 1.165) is 10.9 Å². The first-order chi connectivity index (χ1) is 11.1. The Hall–Kier alpha value is -2.92. The van der Waals surface area contributed by atoms with Gasteiger partial charge in [0.25, 0.3) is 5.91 Å². The molecule has 0 fully saturated rings. The second-order valence-corrected chi connectivity index (χ2v) is 5.17. The molecule has 0 radical (unpaired) electrons. The number of fused-ring (bicyclic) bond motifs is 1. The van der Waals surface area contributed by atoms with E-state index in [1.807, 2.05) is 30.3 Å². The van der Waals surface area contributed by atoms with Crippen molar-refractivity contribution in [3.63, 3.8) is 0 Å². The van der Waals surface area contributed by atoms with Crippen molar-refractivity contribution in [3.8, 4) is 5.75 Å². The van der Waals surface area contributed by atoms with Crippen molar-refractivity contribution in [3.05, 3.63) is 70.9 Å². The molecule has 114 valence electrons. The molecule has 1 amide bonds. The largest absolute Gasteiger partial charge is 0.508 e. The predicted molar refractivity (Wildman–Crippen MR) is 89.9 cm³/mol. The zero-order valence-corrected chi connectivity index (χ0v) is 12.7. The highest BCUT2D eigenvalue weighted by Crippen LogP contribution is 2.18. The fourth-order valence-electron chi connectivity index (χ4n) is 2.04. The highest BCUT2D eigenvalue weighted by molar-refractivity contribution is 6.32. The molecule has 1 heterocycles. The van der Waals surface area contributed by atoms with Crippen molar-refractivity contribution in [1.82, 2.24) is 10.4 Å². The Bertz CT molecular complexity index is 892. The molecule has 0 bridgehead atoms. The normalized spacial score (nSPS) is 11.0. The fraction of sp³-hybridized carbons (Fsp3) is 0. The maximum absolute atomic E-state index is 11.9. The summed E-state index contributed by atoms with van der Waals surface area (Å²) in [6.07, 6.45) is 1.44. The third kappa shape index (κ3) is 3.46. The van der Waals surface area contributed by atoms with E-state index in [1.54, 1.807) is 0 Å². The van der Waals surface area contributed by atoms with Gasteiger partial charge in [-0.3, -0.25) is 4.79 Å². The van der Waals surface area contributed by atoms with Crippen molar-refractivity contribution in [1.29, 1.82) is 0 Å². The second kappa shape index (κ2) is 6.46. The molecule has 3 aromatic rings. The number of benzene rings is 2. The lowest BCUT2D eigenvalue weighted by Gasteiger charge is -2.02. The molecule has 23 heavy (non-hydrogen) atoms.